The van der Waals surface area contributed by atoms with Gasteiger partial charge < -0.3 is 15.5 Å². The number of nitrogens with two attached hydrogens (primary N) is 1. The third-order valence-corrected chi connectivity index (χ3v) is 3.43. The fourth-order valence-corrected chi connectivity index (χ4v) is 2.38. The molecule has 0 atom stereocenters. The Balaban J connectivity index is 1.69. The number of rotatable bonds is 2. The molecule has 1 aromatic carbocycles. The van der Waals surface area contributed by atoms with E-state index in [0.717, 1.165) is 32.1 Å². The molecule has 2 aromatic rings. The second-order valence-corrected chi connectivity index (χ2v) is 4.73. The van der Waals surface area contributed by atoms with E-state index < -0.39 is 0 Å². The van der Waals surface area contributed by atoms with Crippen molar-refractivity contribution in [2.24, 2.45) is 0 Å². The Kier molecular flexibility index (Phi) is 3.37. The molecule has 0 spiro atoms. The lowest BCUT2D eigenvalue weighted by atomic mass is 10.2. The smallest absolute Gasteiger partial charge is 0.225 e. The molecule has 6 heteroatoms. The highest BCUT2D eigenvalue weighted by molar-refractivity contribution is 5.55. The highest BCUT2D eigenvalue weighted by atomic mass is 19.1. The molecule has 0 bridgehead atoms. The van der Waals surface area contributed by atoms with E-state index in [2.05, 4.69) is 14.9 Å². The van der Waals surface area contributed by atoms with Crippen LogP contribution in [0.5, 0.6) is 0 Å². The van der Waals surface area contributed by atoms with Gasteiger partial charge in [0.05, 0.1) is 5.69 Å². The summed E-state index contributed by atoms with van der Waals surface area (Å²) < 4.78 is 13.9. The second kappa shape index (κ2) is 5.32. The van der Waals surface area contributed by atoms with Gasteiger partial charge in [0.1, 0.15) is 5.82 Å². The van der Waals surface area contributed by atoms with Crippen molar-refractivity contribution in [3.05, 3.63) is 42.5 Å². The monoisotopic (exact) mass is 273 g/mol. The van der Waals surface area contributed by atoms with Gasteiger partial charge in [0.2, 0.25) is 5.95 Å². The summed E-state index contributed by atoms with van der Waals surface area (Å²) in [5, 5.41) is 0. The van der Waals surface area contributed by atoms with Gasteiger partial charge in [-0.15, -0.1) is 0 Å². The molecule has 104 valence electrons. The van der Waals surface area contributed by atoms with Crippen LogP contribution in [0.4, 0.5) is 21.7 Å². The van der Waals surface area contributed by atoms with E-state index in [1.165, 1.54) is 6.07 Å². The zero-order chi connectivity index (χ0) is 13.9. The van der Waals surface area contributed by atoms with Crippen LogP contribution in [-0.2, 0) is 0 Å². The molecule has 0 amide bonds. The summed E-state index contributed by atoms with van der Waals surface area (Å²) in [5.41, 5.74) is 6.62. The summed E-state index contributed by atoms with van der Waals surface area (Å²) in [6.45, 7) is 3.01. The molecule has 1 aliphatic heterocycles. The fraction of sp³-hybridized carbons (Fsp3) is 0.286. The van der Waals surface area contributed by atoms with Crippen LogP contribution in [0.15, 0.2) is 36.7 Å². The minimum atomic E-state index is -0.269. The molecule has 1 saturated heterocycles. The van der Waals surface area contributed by atoms with Crippen molar-refractivity contribution in [3.8, 4) is 0 Å². The third-order valence-electron chi connectivity index (χ3n) is 3.43. The van der Waals surface area contributed by atoms with Gasteiger partial charge in [0.25, 0.3) is 0 Å². The largest absolute Gasteiger partial charge is 0.399 e. The van der Waals surface area contributed by atoms with Crippen LogP contribution in [0, 0.1) is 5.82 Å². The van der Waals surface area contributed by atoms with Gasteiger partial charge >= 0.3 is 0 Å². The summed E-state index contributed by atoms with van der Waals surface area (Å²) in [6, 6.07) is 6.62. The van der Waals surface area contributed by atoms with Crippen molar-refractivity contribution < 1.29 is 4.39 Å². The maximum absolute atomic E-state index is 13.9. The normalized spacial score (nSPS) is 15.4. The lowest BCUT2D eigenvalue weighted by molar-refractivity contribution is 0.594. The first-order valence-electron chi connectivity index (χ1n) is 6.56. The zero-order valence-electron chi connectivity index (χ0n) is 11.0. The summed E-state index contributed by atoms with van der Waals surface area (Å²) in [5.74, 6) is 0.458. The zero-order valence-corrected chi connectivity index (χ0v) is 11.0. The highest BCUT2D eigenvalue weighted by Gasteiger charge is 2.20. The second-order valence-electron chi connectivity index (χ2n) is 4.73. The molecule has 5 nitrogen and oxygen atoms in total. The molecule has 20 heavy (non-hydrogen) atoms. The maximum Gasteiger partial charge on any atom is 0.225 e. The van der Waals surface area contributed by atoms with E-state index in [4.69, 9.17) is 5.73 Å². The number of benzene rings is 1. The summed E-state index contributed by atoms with van der Waals surface area (Å²) in [4.78, 5) is 12.6. The average Bonchev–Trinajstić information content (AvgIpc) is 2.48. The number of hydrogen-bond donors (Lipinski definition) is 1. The van der Waals surface area contributed by atoms with Crippen molar-refractivity contribution >= 4 is 17.3 Å². The Morgan fingerprint density at radius 3 is 2.30 bits per heavy atom. The quantitative estimate of drug-likeness (QED) is 0.841. The van der Waals surface area contributed by atoms with Gasteiger partial charge in [-0.05, 0) is 24.3 Å². The van der Waals surface area contributed by atoms with Crippen molar-refractivity contribution in [1.29, 1.82) is 0 Å². The molecule has 0 aliphatic carbocycles. The van der Waals surface area contributed by atoms with Crippen molar-refractivity contribution in [2.45, 2.75) is 0 Å². The van der Waals surface area contributed by atoms with Crippen LogP contribution < -0.4 is 15.5 Å². The standard InChI is InChI=1S/C14H16FN5/c15-12-10-11(16)2-3-13(12)19-6-8-20(9-7-19)14-17-4-1-5-18-14/h1-5,10H,6-9,16H2. The Morgan fingerprint density at radius 1 is 1.00 bits per heavy atom. The molecule has 1 aliphatic rings. The Hall–Kier alpha value is -2.37. The van der Waals surface area contributed by atoms with Gasteiger partial charge in [-0.1, -0.05) is 0 Å². The molecular weight excluding hydrogens is 257 g/mol. The van der Waals surface area contributed by atoms with Crippen LogP contribution in [-0.4, -0.2) is 36.1 Å². The molecule has 0 saturated carbocycles. The molecule has 1 fully saturated rings. The Morgan fingerprint density at radius 2 is 1.65 bits per heavy atom. The first kappa shape index (κ1) is 12.7. The topological polar surface area (TPSA) is 58.3 Å². The predicted molar refractivity (Wildman–Crippen MR) is 77.3 cm³/mol. The van der Waals surface area contributed by atoms with Crippen LogP contribution >= 0.6 is 0 Å². The predicted octanol–water partition coefficient (Wildman–Crippen LogP) is 1.52. The van der Waals surface area contributed by atoms with E-state index >= 15 is 0 Å². The number of piperazine rings is 1. The number of nitrogen functional groups attached to an aromatic ring is 1. The summed E-state index contributed by atoms with van der Waals surface area (Å²) in [6.07, 6.45) is 3.46. The van der Waals surface area contributed by atoms with E-state index in [1.54, 1.807) is 30.6 Å². The third kappa shape index (κ3) is 2.49. The van der Waals surface area contributed by atoms with Gasteiger partial charge in [0, 0.05) is 44.3 Å². The molecule has 0 radical (unpaired) electrons. The van der Waals surface area contributed by atoms with Crippen LogP contribution in [0.2, 0.25) is 0 Å². The van der Waals surface area contributed by atoms with Gasteiger partial charge in [0.15, 0.2) is 0 Å². The minimum absolute atomic E-state index is 0.269. The number of aromatic nitrogens is 2. The lowest BCUT2D eigenvalue weighted by Crippen LogP contribution is -2.47. The number of halogens is 1. The van der Waals surface area contributed by atoms with Crippen molar-refractivity contribution in [3.63, 3.8) is 0 Å². The Bertz CT molecular complexity index is 581. The SMILES string of the molecule is Nc1ccc(N2CCN(c3ncccn3)CC2)c(F)c1. The first-order chi connectivity index (χ1) is 9.74. The van der Waals surface area contributed by atoms with Crippen LogP contribution in [0.25, 0.3) is 0 Å². The van der Waals surface area contributed by atoms with E-state index in [1.807, 2.05) is 4.90 Å². The van der Waals surface area contributed by atoms with E-state index in [0.29, 0.717) is 11.4 Å². The molecule has 2 N–H and O–H groups in total. The number of nitrogens with zero attached hydrogens (tertiary/aromatic N) is 4. The lowest BCUT2D eigenvalue weighted by Gasteiger charge is -2.36. The molecular formula is C14H16FN5. The number of hydrogen-bond acceptors (Lipinski definition) is 5. The molecule has 1 aromatic heterocycles. The highest BCUT2D eigenvalue weighted by Crippen LogP contribution is 2.23. The minimum Gasteiger partial charge on any atom is -0.399 e. The average molecular weight is 273 g/mol. The van der Waals surface area contributed by atoms with E-state index in [9.17, 15) is 4.39 Å². The molecule has 2 heterocycles. The first-order valence-corrected chi connectivity index (χ1v) is 6.56. The van der Waals surface area contributed by atoms with Gasteiger partial charge in [-0.25, -0.2) is 14.4 Å². The molecule has 3 rings (SSSR count). The maximum atomic E-state index is 13.9. The fourth-order valence-electron chi connectivity index (χ4n) is 2.38. The van der Waals surface area contributed by atoms with E-state index in [-0.39, 0.29) is 5.82 Å². The number of anilines is 3. The van der Waals surface area contributed by atoms with Crippen LogP contribution in [0.1, 0.15) is 0 Å². The van der Waals surface area contributed by atoms with Gasteiger partial charge in [-0.2, -0.15) is 0 Å². The van der Waals surface area contributed by atoms with Crippen LogP contribution in [0.3, 0.4) is 0 Å². The summed E-state index contributed by atoms with van der Waals surface area (Å²) in [7, 11) is 0. The van der Waals surface area contributed by atoms with Crippen molar-refractivity contribution in [2.75, 3.05) is 41.7 Å². The van der Waals surface area contributed by atoms with Crippen molar-refractivity contribution in [1.82, 2.24) is 9.97 Å². The molecule has 0 unspecified atom stereocenters. The summed E-state index contributed by atoms with van der Waals surface area (Å²) >= 11 is 0. The Labute approximate surface area is 116 Å². The van der Waals surface area contributed by atoms with Gasteiger partial charge in [-0.3, -0.25) is 0 Å².